The minimum Gasteiger partial charge on any atom is -0.480 e. The van der Waals surface area contributed by atoms with Gasteiger partial charge in [0.1, 0.15) is 0 Å². The van der Waals surface area contributed by atoms with Gasteiger partial charge in [0.05, 0.1) is 6.54 Å². The Balaban J connectivity index is 1.56. The summed E-state index contributed by atoms with van der Waals surface area (Å²) in [6.07, 6.45) is 8.07. The quantitative estimate of drug-likeness (QED) is 0.774. The van der Waals surface area contributed by atoms with Crippen LogP contribution < -0.4 is 0 Å². The van der Waals surface area contributed by atoms with Crippen LogP contribution in [0.1, 0.15) is 38.5 Å². The number of carboxylic acids is 1. The number of hydrogen-bond acceptors (Lipinski definition) is 2. The van der Waals surface area contributed by atoms with Crippen molar-refractivity contribution in [3.63, 3.8) is 0 Å². The third kappa shape index (κ3) is 2.10. The highest BCUT2D eigenvalue weighted by molar-refractivity contribution is 5.69. The largest absolute Gasteiger partial charge is 0.480 e. The fraction of sp³-hybridized carbons (Fsp3) is 0.923. The molecule has 3 aliphatic rings. The Hall–Kier alpha value is -0.570. The fourth-order valence-corrected chi connectivity index (χ4v) is 3.86. The Labute approximate surface area is 96.8 Å². The van der Waals surface area contributed by atoms with Gasteiger partial charge in [-0.1, -0.05) is 6.42 Å². The number of aliphatic carboxylic acids is 1. The molecule has 2 bridgehead atoms. The molecule has 3 unspecified atom stereocenters. The average Bonchev–Trinajstić information content (AvgIpc) is 2.88. The maximum absolute atomic E-state index is 10.8. The summed E-state index contributed by atoms with van der Waals surface area (Å²) in [5.74, 6) is 2.04. The van der Waals surface area contributed by atoms with Gasteiger partial charge >= 0.3 is 5.97 Å². The number of carboxylic acid groups (broad SMARTS) is 1. The van der Waals surface area contributed by atoms with Crippen LogP contribution in [0.2, 0.25) is 0 Å². The van der Waals surface area contributed by atoms with Gasteiger partial charge < -0.3 is 5.11 Å². The minimum atomic E-state index is -0.657. The van der Waals surface area contributed by atoms with Gasteiger partial charge in [0.25, 0.3) is 0 Å². The molecule has 0 amide bonds. The van der Waals surface area contributed by atoms with Crippen LogP contribution in [0.4, 0.5) is 0 Å². The van der Waals surface area contributed by atoms with Crippen molar-refractivity contribution in [2.75, 3.05) is 13.1 Å². The molecule has 0 saturated heterocycles. The molecular weight excluding hydrogens is 202 g/mol. The Morgan fingerprint density at radius 1 is 1.19 bits per heavy atom. The summed E-state index contributed by atoms with van der Waals surface area (Å²) in [5.41, 5.74) is 0. The third-order valence-electron chi connectivity index (χ3n) is 4.76. The highest BCUT2D eigenvalue weighted by atomic mass is 16.4. The second-order valence-corrected chi connectivity index (χ2v) is 5.99. The monoisotopic (exact) mass is 223 g/mol. The van der Waals surface area contributed by atoms with Gasteiger partial charge in [-0.05, 0) is 49.9 Å². The van der Waals surface area contributed by atoms with E-state index in [0.29, 0.717) is 6.04 Å². The number of fused-ring (bicyclic) bond motifs is 2. The van der Waals surface area contributed by atoms with E-state index in [1.54, 1.807) is 0 Å². The van der Waals surface area contributed by atoms with E-state index in [0.717, 1.165) is 24.3 Å². The molecule has 3 fully saturated rings. The Morgan fingerprint density at radius 2 is 2.00 bits per heavy atom. The molecule has 0 spiro atoms. The van der Waals surface area contributed by atoms with Crippen molar-refractivity contribution in [2.45, 2.75) is 44.6 Å². The first-order valence-electron chi connectivity index (χ1n) is 6.68. The molecule has 1 N–H and O–H groups in total. The van der Waals surface area contributed by atoms with Gasteiger partial charge in [0, 0.05) is 12.6 Å². The standard InChI is InChI=1S/C13H21NO2/c15-13(16)8-14(12-3-4-12)7-11-6-9-1-2-10(11)5-9/h9-12H,1-8H2,(H,15,16). The van der Waals surface area contributed by atoms with E-state index >= 15 is 0 Å². The molecule has 0 aromatic rings. The van der Waals surface area contributed by atoms with Crippen molar-refractivity contribution in [3.05, 3.63) is 0 Å². The van der Waals surface area contributed by atoms with Gasteiger partial charge in [-0.2, -0.15) is 0 Å². The number of rotatable bonds is 5. The lowest BCUT2D eigenvalue weighted by atomic mass is 9.88. The predicted molar refractivity (Wildman–Crippen MR) is 61.2 cm³/mol. The van der Waals surface area contributed by atoms with Crippen molar-refractivity contribution in [3.8, 4) is 0 Å². The van der Waals surface area contributed by atoms with E-state index in [1.807, 2.05) is 0 Å². The molecule has 3 nitrogen and oxygen atoms in total. The summed E-state index contributed by atoms with van der Waals surface area (Å²) in [5, 5.41) is 8.92. The summed E-state index contributed by atoms with van der Waals surface area (Å²) >= 11 is 0. The molecule has 90 valence electrons. The molecule has 0 aromatic heterocycles. The Bertz CT molecular complexity index is 288. The van der Waals surface area contributed by atoms with Gasteiger partial charge in [0.2, 0.25) is 0 Å². The zero-order chi connectivity index (χ0) is 11.1. The van der Waals surface area contributed by atoms with E-state index in [1.165, 1.54) is 38.5 Å². The van der Waals surface area contributed by atoms with Crippen LogP contribution in [0.3, 0.4) is 0 Å². The zero-order valence-electron chi connectivity index (χ0n) is 9.77. The molecule has 0 radical (unpaired) electrons. The molecule has 3 atom stereocenters. The lowest BCUT2D eigenvalue weighted by Gasteiger charge is -2.28. The molecule has 3 saturated carbocycles. The highest BCUT2D eigenvalue weighted by Crippen LogP contribution is 2.49. The summed E-state index contributed by atoms with van der Waals surface area (Å²) < 4.78 is 0. The number of hydrogen-bond donors (Lipinski definition) is 1. The van der Waals surface area contributed by atoms with Gasteiger partial charge in [-0.15, -0.1) is 0 Å². The Kier molecular flexibility index (Phi) is 2.66. The van der Waals surface area contributed by atoms with E-state index < -0.39 is 5.97 Å². The summed E-state index contributed by atoms with van der Waals surface area (Å²) in [6, 6.07) is 0.593. The van der Waals surface area contributed by atoms with Crippen molar-refractivity contribution < 1.29 is 9.90 Å². The van der Waals surface area contributed by atoms with E-state index in [9.17, 15) is 4.79 Å². The Morgan fingerprint density at radius 3 is 2.50 bits per heavy atom. The minimum absolute atomic E-state index is 0.262. The van der Waals surface area contributed by atoms with E-state index in [2.05, 4.69) is 4.90 Å². The number of nitrogens with zero attached hydrogens (tertiary/aromatic N) is 1. The summed E-state index contributed by atoms with van der Waals surface area (Å²) in [7, 11) is 0. The van der Waals surface area contributed by atoms with Crippen molar-refractivity contribution in [1.29, 1.82) is 0 Å². The normalized spacial score (nSPS) is 37.2. The molecule has 16 heavy (non-hydrogen) atoms. The van der Waals surface area contributed by atoms with Crippen molar-refractivity contribution >= 4 is 5.97 Å². The van der Waals surface area contributed by atoms with Crippen LogP contribution in [-0.4, -0.2) is 35.1 Å². The molecule has 3 heteroatoms. The van der Waals surface area contributed by atoms with Crippen LogP contribution in [0.15, 0.2) is 0 Å². The molecule has 0 aliphatic heterocycles. The zero-order valence-corrected chi connectivity index (χ0v) is 9.77. The molecule has 0 aromatic carbocycles. The molecule has 0 heterocycles. The smallest absolute Gasteiger partial charge is 0.317 e. The lowest BCUT2D eigenvalue weighted by Crippen LogP contribution is -2.37. The van der Waals surface area contributed by atoms with Crippen LogP contribution in [0, 0.1) is 17.8 Å². The predicted octanol–water partition coefficient (Wildman–Crippen LogP) is 1.97. The maximum atomic E-state index is 10.8. The van der Waals surface area contributed by atoms with Crippen LogP contribution in [0.25, 0.3) is 0 Å². The van der Waals surface area contributed by atoms with Crippen molar-refractivity contribution in [1.82, 2.24) is 4.90 Å². The van der Waals surface area contributed by atoms with Gasteiger partial charge in [0.15, 0.2) is 0 Å². The molecular formula is C13H21NO2. The van der Waals surface area contributed by atoms with Gasteiger partial charge in [-0.3, -0.25) is 9.69 Å². The molecule has 3 aliphatic carbocycles. The first kappa shape index (κ1) is 10.6. The van der Waals surface area contributed by atoms with E-state index in [4.69, 9.17) is 5.11 Å². The lowest BCUT2D eigenvalue weighted by molar-refractivity contribution is -0.138. The SMILES string of the molecule is O=C(O)CN(CC1CC2CCC1C2)C1CC1. The fourth-order valence-electron chi connectivity index (χ4n) is 3.86. The second-order valence-electron chi connectivity index (χ2n) is 5.99. The van der Waals surface area contributed by atoms with Crippen molar-refractivity contribution in [2.24, 2.45) is 17.8 Å². The van der Waals surface area contributed by atoms with Gasteiger partial charge in [-0.25, -0.2) is 0 Å². The van der Waals surface area contributed by atoms with Crippen LogP contribution >= 0.6 is 0 Å². The van der Waals surface area contributed by atoms with Crippen LogP contribution in [-0.2, 0) is 4.79 Å². The average molecular weight is 223 g/mol. The third-order valence-corrected chi connectivity index (χ3v) is 4.76. The first-order valence-corrected chi connectivity index (χ1v) is 6.68. The topological polar surface area (TPSA) is 40.5 Å². The van der Waals surface area contributed by atoms with E-state index in [-0.39, 0.29) is 6.54 Å². The number of carbonyl (C=O) groups is 1. The second kappa shape index (κ2) is 4.02. The first-order chi connectivity index (χ1) is 7.72. The summed E-state index contributed by atoms with van der Waals surface area (Å²) in [4.78, 5) is 13.1. The van der Waals surface area contributed by atoms with Crippen LogP contribution in [0.5, 0.6) is 0 Å². The maximum Gasteiger partial charge on any atom is 0.317 e. The molecule has 3 rings (SSSR count). The highest BCUT2D eigenvalue weighted by Gasteiger charge is 2.41. The summed E-state index contributed by atoms with van der Waals surface area (Å²) in [6.45, 7) is 1.32.